The summed E-state index contributed by atoms with van der Waals surface area (Å²) in [6, 6.07) is 7.16. The SMILES string of the molecule is Clc1ccc(Cl)c(NCc2nc(-c3ccsc3)no2)c1. The van der Waals surface area contributed by atoms with Gasteiger partial charge in [-0.15, -0.1) is 0 Å². The summed E-state index contributed by atoms with van der Waals surface area (Å²) in [7, 11) is 0. The third-order valence-electron chi connectivity index (χ3n) is 2.61. The van der Waals surface area contributed by atoms with Crippen molar-refractivity contribution >= 4 is 40.2 Å². The number of nitrogens with zero attached hydrogens (tertiary/aromatic N) is 2. The fourth-order valence-corrected chi connectivity index (χ4v) is 2.63. The van der Waals surface area contributed by atoms with Crippen LogP contribution >= 0.6 is 34.5 Å². The second kappa shape index (κ2) is 5.83. The van der Waals surface area contributed by atoms with Gasteiger partial charge in [-0.2, -0.15) is 16.3 Å². The van der Waals surface area contributed by atoms with Gasteiger partial charge >= 0.3 is 0 Å². The molecule has 0 radical (unpaired) electrons. The smallest absolute Gasteiger partial charge is 0.246 e. The van der Waals surface area contributed by atoms with E-state index in [9.17, 15) is 0 Å². The number of aromatic nitrogens is 2. The molecule has 20 heavy (non-hydrogen) atoms. The number of hydrogen-bond acceptors (Lipinski definition) is 5. The Hall–Kier alpha value is -1.56. The molecule has 4 nitrogen and oxygen atoms in total. The fraction of sp³-hybridized carbons (Fsp3) is 0.0769. The molecule has 0 saturated heterocycles. The minimum Gasteiger partial charge on any atom is -0.375 e. The molecule has 102 valence electrons. The molecule has 0 aliphatic rings. The van der Waals surface area contributed by atoms with Gasteiger partial charge in [0.2, 0.25) is 11.7 Å². The topological polar surface area (TPSA) is 51.0 Å². The van der Waals surface area contributed by atoms with Crippen LogP contribution in [-0.4, -0.2) is 10.1 Å². The molecule has 1 N–H and O–H groups in total. The van der Waals surface area contributed by atoms with Gasteiger partial charge < -0.3 is 9.84 Å². The summed E-state index contributed by atoms with van der Waals surface area (Å²) in [5, 5.41) is 12.2. The molecule has 0 unspecified atom stereocenters. The summed E-state index contributed by atoms with van der Waals surface area (Å²) in [5.41, 5.74) is 1.68. The van der Waals surface area contributed by atoms with Crippen LogP contribution in [0.4, 0.5) is 5.69 Å². The highest BCUT2D eigenvalue weighted by Gasteiger charge is 2.09. The van der Waals surface area contributed by atoms with Gasteiger partial charge in [-0.05, 0) is 29.6 Å². The van der Waals surface area contributed by atoms with E-state index in [-0.39, 0.29) is 0 Å². The Kier molecular flexibility index (Phi) is 3.91. The maximum atomic E-state index is 6.06. The lowest BCUT2D eigenvalue weighted by atomic mass is 10.3. The molecule has 3 rings (SSSR count). The summed E-state index contributed by atoms with van der Waals surface area (Å²) in [6.07, 6.45) is 0. The van der Waals surface area contributed by atoms with Gasteiger partial charge in [0.1, 0.15) is 0 Å². The highest BCUT2D eigenvalue weighted by atomic mass is 35.5. The Morgan fingerprint density at radius 2 is 2.15 bits per heavy atom. The molecule has 0 fully saturated rings. The molecule has 0 atom stereocenters. The molecular weight excluding hydrogens is 317 g/mol. The van der Waals surface area contributed by atoms with Crippen molar-refractivity contribution in [3.8, 4) is 11.4 Å². The zero-order valence-corrected chi connectivity index (χ0v) is 12.5. The maximum Gasteiger partial charge on any atom is 0.246 e. The predicted octanol–water partition coefficient (Wildman–Crippen LogP) is 4.72. The van der Waals surface area contributed by atoms with Crippen molar-refractivity contribution in [3.63, 3.8) is 0 Å². The van der Waals surface area contributed by atoms with E-state index in [0.717, 1.165) is 11.3 Å². The van der Waals surface area contributed by atoms with Gasteiger partial charge in [-0.3, -0.25) is 0 Å². The molecule has 2 heterocycles. The molecule has 0 spiro atoms. The molecule has 0 bridgehead atoms. The van der Waals surface area contributed by atoms with Crippen molar-refractivity contribution in [2.24, 2.45) is 0 Å². The van der Waals surface area contributed by atoms with Gasteiger partial charge in [0.05, 0.1) is 17.3 Å². The first-order valence-corrected chi connectivity index (χ1v) is 7.46. The Balaban J connectivity index is 1.71. The number of benzene rings is 1. The monoisotopic (exact) mass is 325 g/mol. The van der Waals surface area contributed by atoms with Crippen LogP contribution < -0.4 is 5.32 Å². The van der Waals surface area contributed by atoms with E-state index in [1.165, 1.54) is 0 Å². The molecule has 0 amide bonds. The zero-order chi connectivity index (χ0) is 13.9. The van der Waals surface area contributed by atoms with Crippen LogP contribution in [0.15, 0.2) is 39.5 Å². The first-order chi connectivity index (χ1) is 9.72. The highest BCUT2D eigenvalue weighted by molar-refractivity contribution is 7.08. The van der Waals surface area contributed by atoms with Crippen LogP contribution in [-0.2, 0) is 6.54 Å². The van der Waals surface area contributed by atoms with E-state index in [0.29, 0.717) is 28.3 Å². The Morgan fingerprint density at radius 3 is 2.95 bits per heavy atom. The highest BCUT2D eigenvalue weighted by Crippen LogP contribution is 2.26. The summed E-state index contributed by atoms with van der Waals surface area (Å²) in [4.78, 5) is 4.31. The number of thiophene rings is 1. The number of rotatable bonds is 4. The van der Waals surface area contributed by atoms with Gasteiger partial charge in [0, 0.05) is 16.0 Å². The van der Waals surface area contributed by atoms with E-state index < -0.39 is 0 Å². The van der Waals surface area contributed by atoms with E-state index in [1.54, 1.807) is 29.5 Å². The van der Waals surface area contributed by atoms with Crippen molar-refractivity contribution in [1.29, 1.82) is 0 Å². The normalized spacial score (nSPS) is 10.7. The average Bonchev–Trinajstić information content (AvgIpc) is 3.09. The molecular formula is C13H9Cl2N3OS. The first-order valence-electron chi connectivity index (χ1n) is 5.76. The molecule has 0 aliphatic heterocycles. The van der Waals surface area contributed by atoms with Gasteiger partial charge in [-0.25, -0.2) is 0 Å². The lowest BCUT2D eigenvalue weighted by Crippen LogP contribution is -2.00. The Labute approximate surface area is 129 Å². The third kappa shape index (κ3) is 2.95. The van der Waals surface area contributed by atoms with Crippen LogP contribution in [0, 0.1) is 0 Å². The predicted molar refractivity (Wildman–Crippen MR) is 81.4 cm³/mol. The zero-order valence-electron chi connectivity index (χ0n) is 10.1. The van der Waals surface area contributed by atoms with Crippen LogP contribution in [0.25, 0.3) is 11.4 Å². The fourth-order valence-electron chi connectivity index (χ4n) is 1.64. The quantitative estimate of drug-likeness (QED) is 0.754. The number of nitrogens with one attached hydrogen (secondary N) is 1. The lowest BCUT2D eigenvalue weighted by molar-refractivity contribution is 0.384. The second-order valence-electron chi connectivity index (χ2n) is 4.00. The standard InChI is InChI=1S/C13H9Cl2N3OS/c14-9-1-2-10(15)11(5-9)16-6-12-17-13(18-19-12)8-3-4-20-7-8/h1-5,7,16H,6H2. The number of hydrogen-bond donors (Lipinski definition) is 1. The van der Waals surface area contributed by atoms with Gasteiger partial charge in [0.25, 0.3) is 0 Å². The molecule has 0 aliphatic carbocycles. The minimum atomic E-state index is 0.386. The summed E-state index contributed by atoms with van der Waals surface area (Å²) < 4.78 is 5.19. The first kappa shape index (κ1) is 13.4. The molecule has 0 saturated carbocycles. The van der Waals surface area contributed by atoms with Crippen molar-refractivity contribution in [3.05, 3.63) is 51.0 Å². The Morgan fingerprint density at radius 1 is 1.25 bits per heavy atom. The number of halogens is 2. The molecule has 7 heteroatoms. The van der Waals surface area contributed by atoms with Crippen molar-refractivity contribution < 1.29 is 4.52 Å². The van der Waals surface area contributed by atoms with Gasteiger partial charge in [0.15, 0.2) is 0 Å². The van der Waals surface area contributed by atoms with E-state index in [2.05, 4.69) is 15.5 Å². The van der Waals surface area contributed by atoms with Crippen LogP contribution in [0.1, 0.15) is 5.89 Å². The van der Waals surface area contributed by atoms with Crippen molar-refractivity contribution in [1.82, 2.24) is 10.1 Å². The largest absolute Gasteiger partial charge is 0.375 e. The molecule has 3 aromatic rings. The van der Waals surface area contributed by atoms with Crippen LogP contribution in [0.3, 0.4) is 0 Å². The second-order valence-corrected chi connectivity index (χ2v) is 5.63. The molecule has 1 aromatic carbocycles. The minimum absolute atomic E-state index is 0.386. The van der Waals surface area contributed by atoms with E-state index >= 15 is 0 Å². The van der Waals surface area contributed by atoms with Crippen molar-refractivity contribution in [2.45, 2.75) is 6.54 Å². The van der Waals surface area contributed by atoms with Gasteiger partial charge in [-0.1, -0.05) is 28.4 Å². The summed E-state index contributed by atoms with van der Waals surface area (Å²) in [5.74, 6) is 1.07. The van der Waals surface area contributed by atoms with Crippen LogP contribution in [0.2, 0.25) is 10.0 Å². The maximum absolute atomic E-state index is 6.06. The Bertz CT molecular complexity index is 712. The lowest BCUT2D eigenvalue weighted by Gasteiger charge is -2.05. The number of anilines is 1. The van der Waals surface area contributed by atoms with Crippen molar-refractivity contribution in [2.75, 3.05) is 5.32 Å². The summed E-state index contributed by atoms with van der Waals surface area (Å²) in [6.45, 7) is 0.386. The van der Waals surface area contributed by atoms with Crippen LogP contribution in [0.5, 0.6) is 0 Å². The summed E-state index contributed by atoms with van der Waals surface area (Å²) >= 11 is 13.6. The average molecular weight is 326 g/mol. The molecule has 2 aromatic heterocycles. The van der Waals surface area contributed by atoms with E-state index in [4.69, 9.17) is 27.7 Å². The third-order valence-corrected chi connectivity index (χ3v) is 3.85. The van der Waals surface area contributed by atoms with E-state index in [1.807, 2.05) is 16.8 Å².